The summed E-state index contributed by atoms with van der Waals surface area (Å²) in [5, 5.41) is 6.33. The van der Waals surface area contributed by atoms with Crippen molar-refractivity contribution in [3.05, 3.63) is 59.2 Å². The summed E-state index contributed by atoms with van der Waals surface area (Å²) in [4.78, 5) is 12.2. The average Bonchev–Trinajstić information content (AvgIpc) is 2.73. The maximum absolute atomic E-state index is 12.2. The molecule has 2 aromatic carbocycles. The van der Waals surface area contributed by atoms with E-state index in [1.807, 2.05) is 0 Å². The second kappa shape index (κ2) is 8.32. The van der Waals surface area contributed by atoms with Gasteiger partial charge in [-0.25, -0.2) is 0 Å². The maximum Gasteiger partial charge on any atom is 0.224 e. The largest absolute Gasteiger partial charge is 0.355 e. The molecule has 1 heterocycles. The fraction of sp³-hybridized carbons (Fsp3) is 0.350. The average molecular weight is 345 g/mol. The minimum Gasteiger partial charge on any atom is -0.355 e. The number of halogens is 1. The van der Waals surface area contributed by atoms with Gasteiger partial charge in [0.2, 0.25) is 5.91 Å². The normalized spacial score (nSPS) is 17.6. The van der Waals surface area contributed by atoms with Crippen molar-refractivity contribution in [1.82, 2.24) is 10.6 Å². The van der Waals surface area contributed by atoms with Crippen LogP contribution in [0.1, 0.15) is 16.7 Å². The van der Waals surface area contributed by atoms with Crippen LogP contribution in [0.4, 0.5) is 0 Å². The van der Waals surface area contributed by atoms with Crippen LogP contribution in [0.5, 0.6) is 0 Å². The first-order valence-electron chi connectivity index (χ1n) is 8.29. The molecule has 2 N–H and O–H groups in total. The Bertz CT molecular complexity index is 715. The minimum atomic E-state index is -0.00981. The SMILES string of the molecule is Cc1ccc(-c2ccccc2CC2CNCCNC2=O)c(C)c1.Cl. The third kappa shape index (κ3) is 4.16. The Morgan fingerprint density at radius 3 is 2.62 bits per heavy atom. The van der Waals surface area contributed by atoms with Crippen LogP contribution < -0.4 is 10.6 Å². The lowest BCUT2D eigenvalue weighted by atomic mass is 9.89. The van der Waals surface area contributed by atoms with Gasteiger partial charge in [0.15, 0.2) is 0 Å². The van der Waals surface area contributed by atoms with E-state index in [2.05, 4.69) is 66.9 Å². The van der Waals surface area contributed by atoms with Gasteiger partial charge in [-0.15, -0.1) is 12.4 Å². The van der Waals surface area contributed by atoms with Crippen molar-refractivity contribution >= 4 is 18.3 Å². The summed E-state index contributed by atoms with van der Waals surface area (Å²) in [6, 6.07) is 15.0. The van der Waals surface area contributed by atoms with Crippen LogP contribution in [0.3, 0.4) is 0 Å². The molecule has 3 rings (SSSR count). The number of benzene rings is 2. The van der Waals surface area contributed by atoms with Gasteiger partial charge in [0.05, 0.1) is 5.92 Å². The molecule has 1 saturated heterocycles. The van der Waals surface area contributed by atoms with Crippen LogP contribution in [-0.2, 0) is 11.2 Å². The summed E-state index contributed by atoms with van der Waals surface area (Å²) in [5.74, 6) is 0.148. The summed E-state index contributed by atoms with van der Waals surface area (Å²) >= 11 is 0. The highest BCUT2D eigenvalue weighted by molar-refractivity contribution is 5.85. The molecule has 1 amide bonds. The van der Waals surface area contributed by atoms with Gasteiger partial charge in [-0.2, -0.15) is 0 Å². The second-order valence-electron chi connectivity index (χ2n) is 6.37. The molecule has 1 aliphatic heterocycles. The maximum atomic E-state index is 12.2. The standard InChI is InChI=1S/C20H24N2O.ClH/c1-14-7-8-18(15(2)11-14)19-6-4-3-5-16(19)12-17-13-21-9-10-22-20(17)23;/h3-8,11,17,21H,9-10,12-13H2,1-2H3,(H,22,23);1H. The number of amides is 1. The zero-order chi connectivity index (χ0) is 16.2. The summed E-state index contributed by atoms with van der Waals surface area (Å²) in [6.07, 6.45) is 0.766. The Hall–Kier alpha value is -1.84. The van der Waals surface area contributed by atoms with Gasteiger partial charge in [-0.3, -0.25) is 4.79 Å². The second-order valence-corrected chi connectivity index (χ2v) is 6.37. The number of carbonyl (C=O) groups is 1. The molecule has 0 saturated carbocycles. The summed E-state index contributed by atoms with van der Waals surface area (Å²) in [5.41, 5.74) is 6.29. The zero-order valence-electron chi connectivity index (χ0n) is 14.3. The van der Waals surface area contributed by atoms with Crippen molar-refractivity contribution in [2.45, 2.75) is 20.3 Å². The van der Waals surface area contributed by atoms with E-state index in [0.717, 1.165) is 19.5 Å². The quantitative estimate of drug-likeness (QED) is 0.897. The molecular formula is C20H25ClN2O. The van der Waals surface area contributed by atoms with E-state index >= 15 is 0 Å². The molecule has 1 aliphatic rings. The molecule has 0 spiro atoms. The van der Waals surface area contributed by atoms with Crippen LogP contribution in [0, 0.1) is 19.8 Å². The molecule has 24 heavy (non-hydrogen) atoms. The Morgan fingerprint density at radius 1 is 1.04 bits per heavy atom. The van der Waals surface area contributed by atoms with Crippen LogP contribution in [-0.4, -0.2) is 25.5 Å². The van der Waals surface area contributed by atoms with Gasteiger partial charge in [-0.05, 0) is 42.5 Å². The minimum absolute atomic E-state index is 0. The molecule has 3 nitrogen and oxygen atoms in total. The number of nitrogens with one attached hydrogen (secondary N) is 2. The van der Waals surface area contributed by atoms with Crippen molar-refractivity contribution in [2.24, 2.45) is 5.92 Å². The first kappa shape index (κ1) is 18.5. The first-order chi connectivity index (χ1) is 11.1. The van der Waals surface area contributed by atoms with Gasteiger partial charge < -0.3 is 10.6 Å². The first-order valence-corrected chi connectivity index (χ1v) is 8.29. The topological polar surface area (TPSA) is 41.1 Å². The Balaban J connectivity index is 0.00000208. The van der Waals surface area contributed by atoms with Crippen LogP contribution in [0.25, 0.3) is 11.1 Å². The van der Waals surface area contributed by atoms with Gasteiger partial charge in [0, 0.05) is 19.6 Å². The van der Waals surface area contributed by atoms with Crippen LogP contribution in [0.15, 0.2) is 42.5 Å². The number of rotatable bonds is 3. The number of carbonyl (C=O) groups excluding carboxylic acids is 1. The summed E-state index contributed by atoms with van der Waals surface area (Å²) in [7, 11) is 0. The fourth-order valence-electron chi connectivity index (χ4n) is 3.29. The Kier molecular flexibility index (Phi) is 6.41. The zero-order valence-corrected chi connectivity index (χ0v) is 15.1. The molecule has 0 aromatic heterocycles. The van der Waals surface area contributed by atoms with E-state index in [9.17, 15) is 4.79 Å². The van der Waals surface area contributed by atoms with Crippen LogP contribution >= 0.6 is 12.4 Å². The molecule has 0 radical (unpaired) electrons. The lowest BCUT2D eigenvalue weighted by molar-refractivity contribution is -0.124. The van der Waals surface area contributed by atoms with E-state index < -0.39 is 0 Å². The molecule has 4 heteroatoms. The molecule has 0 aliphatic carbocycles. The van der Waals surface area contributed by atoms with Gasteiger partial charge in [0.1, 0.15) is 0 Å². The van der Waals surface area contributed by atoms with E-state index in [4.69, 9.17) is 0 Å². The third-order valence-corrected chi connectivity index (χ3v) is 4.52. The Labute approximate surface area is 150 Å². The smallest absolute Gasteiger partial charge is 0.224 e. The predicted octanol–water partition coefficient (Wildman–Crippen LogP) is 3.27. The van der Waals surface area contributed by atoms with Gasteiger partial charge in [0.25, 0.3) is 0 Å². The van der Waals surface area contributed by atoms with Crippen molar-refractivity contribution in [2.75, 3.05) is 19.6 Å². The highest BCUT2D eigenvalue weighted by Gasteiger charge is 2.22. The van der Waals surface area contributed by atoms with Crippen molar-refractivity contribution in [3.8, 4) is 11.1 Å². The van der Waals surface area contributed by atoms with Crippen LogP contribution in [0.2, 0.25) is 0 Å². The van der Waals surface area contributed by atoms with Crippen molar-refractivity contribution in [1.29, 1.82) is 0 Å². The van der Waals surface area contributed by atoms with E-state index in [1.165, 1.54) is 27.8 Å². The monoisotopic (exact) mass is 344 g/mol. The van der Waals surface area contributed by atoms with Crippen molar-refractivity contribution in [3.63, 3.8) is 0 Å². The predicted molar refractivity (Wildman–Crippen MR) is 102 cm³/mol. The third-order valence-electron chi connectivity index (χ3n) is 4.52. The van der Waals surface area contributed by atoms with Gasteiger partial charge >= 0.3 is 0 Å². The Morgan fingerprint density at radius 2 is 1.83 bits per heavy atom. The molecule has 2 aromatic rings. The number of hydrogen-bond acceptors (Lipinski definition) is 2. The van der Waals surface area contributed by atoms with E-state index in [-0.39, 0.29) is 24.2 Å². The van der Waals surface area contributed by atoms with Crippen molar-refractivity contribution < 1.29 is 4.79 Å². The summed E-state index contributed by atoms with van der Waals surface area (Å²) < 4.78 is 0. The van der Waals surface area contributed by atoms with E-state index in [1.54, 1.807) is 0 Å². The molecular weight excluding hydrogens is 320 g/mol. The molecule has 0 bridgehead atoms. The number of aryl methyl sites for hydroxylation is 2. The fourth-order valence-corrected chi connectivity index (χ4v) is 3.29. The summed E-state index contributed by atoms with van der Waals surface area (Å²) in [6.45, 7) is 6.57. The molecule has 128 valence electrons. The molecule has 1 fully saturated rings. The molecule has 1 atom stereocenters. The lowest BCUT2D eigenvalue weighted by Crippen LogP contribution is -2.32. The van der Waals surface area contributed by atoms with E-state index in [0.29, 0.717) is 6.54 Å². The highest BCUT2D eigenvalue weighted by Crippen LogP contribution is 2.29. The number of hydrogen-bond donors (Lipinski definition) is 2. The highest BCUT2D eigenvalue weighted by atomic mass is 35.5. The lowest BCUT2D eigenvalue weighted by Gasteiger charge is -2.17. The van der Waals surface area contributed by atoms with Gasteiger partial charge in [-0.1, -0.05) is 48.0 Å². The molecule has 1 unspecified atom stereocenters.